The fourth-order valence-corrected chi connectivity index (χ4v) is 3.62. The monoisotopic (exact) mass is 469 g/mol. The van der Waals surface area contributed by atoms with E-state index < -0.39 is 0 Å². The van der Waals surface area contributed by atoms with Crippen LogP contribution < -0.4 is 10.6 Å². The first-order valence-corrected chi connectivity index (χ1v) is 11.4. The Balaban J connectivity index is 1.36. The molecule has 7 heteroatoms. The summed E-state index contributed by atoms with van der Waals surface area (Å²) in [6, 6.07) is 20.2. The molecule has 0 bridgehead atoms. The molecule has 0 aliphatic heterocycles. The van der Waals surface area contributed by atoms with Crippen molar-refractivity contribution in [3.8, 4) is 22.7 Å². The van der Waals surface area contributed by atoms with Crippen molar-refractivity contribution >= 4 is 23.4 Å². The van der Waals surface area contributed by atoms with E-state index in [9.17, 15) is 9.59 Å². The molecule has 4 rings (SSSR count). The summed E-state index contributed by atoms with van der Waals surface area (Å²) in [5.41, 5.74) is 7.00. The number of urea groups is 1. The third-order valence-electron chi connectivity index (χ3n) is 5.43. The van der Waals surface area contributed by atoms with E-state index in [1.54, 1.807) is 49.6 Å². The van der Waals surface area contributed by atoms with Gasteiger partial charge in [-0.15, -0.1) is 0 Å². The molecule has 3 aromatic carbocycles. The Morgan fingerprint density at radius 3 is 2.23 bits per heavy atom. The predicted molar refractivity (Wildman–Crippen MR) is 136 cm³/mol. The van der Waals surface area contributed by atoms with Gasteiger partial charge >= 0.3 is 12.0 Å². The molecule has 1 aromatic heterocycles. The zero-order valence-corrected chi connectivity index (χ0v) is 19.9. The minimum atomic E-state index is -0.371. The molecule has 0 saturated carbocycles. The molecule has 0 unspecified atom stereocenters. The van der Waals surface area contributed by atoms with Gasteiger partial charge in [0, 0.05) is 22.5 Å². The lowest BCUT2D eigenvalue weighted by atomic mass is 10.0. The molecule has 4 aromatic rings. The number of amides is 2. The van der Waals surface area contributed by atoms with Crippen LogP contribution in [-0.2, 0) is 16.0 Å². The van der Waals surface area contributed by atoms with Gasteiger partial charge in [-0.3, -0.25) is 4.79 Å². The summed E-state index contributed by atoms with van der Waals surface area (Å²) in [5.74, 6) is 0.237. The summed E-state index contributed by atoms with van der Waals surface area (Å²) < 4.78 is 10.7. The maximum atomic E-state index is 12.4. The Morgan fingerprint density at radius 2 is 1.57 bits per heavy atom. The van der Waals surface area contributed by atoms with E-state index in [2.05, 4.69) is 33.8 Å². The first-order chi connectivity index (χ1) is 16.9. The molecule has 0 atom stereocenters. The second-order valence-corrected chi connectivity index (χ2v) is 8.19. The maximum Gasteiger partial charge on any atom is 0.323 e. The molecular formula is C28H27N3O4. The van der Waals surface area contributed by atoms with Gasteiger partial charge in [0.1, 0.15) is 12.0 Å². The number of aromatic nitrogens is 1. The van der Waals surface area contributed by atoms with Crippen molar-refractivity contribution in [1.82, 2.24) is 4.98 Å². The fraction of sp³-hybridized carbons (Fsp3) is 0.179. The number of hydrogen-bond donors (Lipinski definition) is 2. The summed E-state index contributed by atoms with van der Waals surface area (Å²) in [5, 5.41) is 5.58. The third-order valence-corrected chi connectivity index (χ3v) is 5.43. The normalized spacial score (nSPS) is 10.6. The molecule has 1 heterocycles. The van der Waals surface area contributed by atoms with E-state index in [1.165, 1.54) is 0 Å². The molecule has 0 fully saturated rings. The van der Waals surface area contributed by atoms with Crippen LogP contribution in [0.2, 0.25) is 0 Å². The molecule has 178 valence electrons. The summed E-state index contributed by atoms with van der Waals surface area (Å²) in [4.78, 5) is 28.6. The number of benzene rings is 3. The van der Waals surface area contributed by atoms with Crippen LogP contribution >= 0.6 is 0 Å². The molecule has 0 saturated heterocycles. The summed E-state index contributed by atoms with van der Waals surface area (Å²) in [6.45, 7) is 6.22. The molecule has 7 nitrogen and oxygen atoms in total. The highest BCUT2D eigenvalue weighted by Crippen LogP contribution is 2.28. The number of esters is 1. The van der Waals surface area contributed by atoms with E-state index in [1.807, 2.05) is 26.0 Å². The Morgan fingerprint density at radius 1 is 0.914 bits per heavy atom. The number of nitrogens with zero attached hydrogens (tertiary/aromatic N) is 1. The summed E-state index contributed by atoms with van der Waals surface area (Å²) in [6.07, 6.45) is 1.86. The van der Waals surface area contributed by atoms with Crippen LogP contribution in [-0.4, -0.2) is 23.6 Å². The maximum absolute atomic E-state index is 12.4. The lowest BCUT2D eigenvalue weighted by Crippen LogP contribution is -2.19. The van der Waals surface area contributed by atoms with Crippen LogP contribution in [0.4, 0.5) is 16.2 Å². The zero-order chi connectivity index (χ0) is 24.8. The number of carbonyl (C=O) groups excluding carboxylic acids is 2. The Bertz CT molecular complexity index is 1330. The molecule has 0 spiro atoms. The van der Waals surface area contributed by atoms with E-state index >= 15 is 0 Å². The van der Waals surface area contributed by atoms with Crippen molar-refractivity contribution in [1.29, 1.82) is 0 Å². The molecule has 0 aliphatic carbocycles. The fourth-order valence-electron chi connectivity index (χ4n) is 3.62. The molecule has 2 amide bonds. The highest BCUT2D eigenvalue weighted by molar-refractivity contribution is 5.99. The molecule has 0 aliphatic rings. The number of ether oxygens (including phenoxy) is 1. The highest BCUT2D eigenvalue weighted by Gasteiger charge is 2.11. The second kappa shape index (κ2) is 10.7. The van der Waals surface area contributed by atoms with Gasteiger partial charge in [-0.1, -0.05) is 29.8 Å². The quantitative estimate of drug-likeness (QED) is 0.307. The van der Waals surface area contributed by atoms with Gasteiger partial charge in [0.15, 0.2) is 0 Å². The average molecular weight is 470 g/mol. The van der Waals surface area contributed by atoms with Crippen molar-refractivity contribution in [2.75, 3.05) is 17.2 Å². The predicted octanol–water partition coefficient (Wildman–Crippen LogP) is 6.38. The Hall–Kier alpha value is -4.39. The number of carbonyl (C=O) groups is 2. The van der Waals surface area contributed by atoms with E-state index in [0.717, 1.165) is 33.5 Å². The smallest absolute Gasteiger partial charge is 0.323 e. The van der Waals surface area contributed by atoms with Crippen LogP contribution in [0.15, 0.2) is 77.4 Å². The Kier molecular flexibility index (Phi) is 7.26. The van der Waals surface area contributed by atoms with Crippen LogP contribution in [0.3, 0.4) is 0 Å². The van der Waals surface area contributed by atoms with Gasteiger partial charge in [-0.2, -0.15) is 0 Å². The minimum Gasteiger partial charge on any atom is -0.466 e. The molecular weight excluding hydrogens is 442 g/mol. The lowest BCUT2D eigenvalue weighted by molar-refractivity contribution is -0.142. The van der Waals surface area contributed by atoms with Crippen LogP contribution in [0, 0.1) is 13.8 Å². The van der Waals surface area contributed by atoms with E-state index in [4.69, 9.17) is 9.15 Å². The first-order valence-electron chi connectivity index (χ1n) is 11.4. The number of rotatable bonds is 7. The number of aryl methyl sites for hydroxylation is 2. The van der Waals surface area contributed by atoms with E-state index in [-0.39, 0.29) is 18.4 Å². The second-order valence-electron chi connectivity index (χ2n) is 8.19. The van der Waals surface area contributed by atoms with Crippen molar-refractivity contribution in [3.05, 3.63) is 89.7 Å². The van der Waals surface area contributed by atoms with Crippen molar-refractivity contribution < 1.29 is 18.7 Å². The number of anilines is 2. The van der Waals surface area contributed by atoms with Gasteiger partial charge in [0.2, 0.25) is 5.89 Å². The molecule has 0 radical (unpaired) electrons. The van der Waals surface area contributed by atoms with Gasteiger partial charge in [0.25, 0.3) is 0 Å². The average Bonchev–Trinajstić information content (AvgIpc) is 3.32. The lowest BCUT2D eigenvalue weighted by Gasteiger charge is -2.09. The van der Waals surface area contributed by atoms with Crippen LogP contribution in [0.5, 0.6) is 0 Å². The SMILES string of the molecule is CCOC(=O)Cc1ccc(NC(=O)Nc2ccc(-c3nc(-c4cc(C)ccc4C)co3)cc2)cc1. The summed E-state index contributed by atoms with van der Waals surface area (Å²) >= 11 is 0. The van der Waals surface area contributed by atoms with Crippen LogP contribution in [0.1, 0.15) is 23.6 Å². The number of nitrogens with one attached hydrogen (secondary N) is 2. The summed E-state index contributed by atoms with van der Waals surface area (Å²) in [7, 11) is 0. The molecule has 35 heavy (non-hydrogen) atoms. The van der Waals surface area contributed by atoms with Gasteiger partial charge in [0.05, 0.1) is 13.0 Å². The molecule has 2 N–H and O–H groups in total. The van der Waals surface area contributed by atoms with Gasteiger partial charge in [-0.25, -0.2) is 9.78 Å². The van der Waals surface area contributed by atoms with Crippen LogP contribution in [0.25, 0.3) is 22.7 Å². The van der Waals surface area contributed by atoms with Gasteiger partial charge < -0.3 is 19.8 Å². The third kappa shape index (κ3) is 6.14. The first kappa shape index (κ1) is 23.8. The van der Waals surface area contributed by atoms with Crippen molar-refractivity contribution in [2.24, 2.45) is 0 Å². The van der Waals surface area contributed by atoms with Crippen molar-refractivity contribution in [3.63, 3.8) is 0 Å². The largest absolute Gasteiger partial charge is 0.466 e. The topological polar surface area (TPSA) is 93.5 Å². The standard InChI is InChI=1S/C28H27N3O4/c1-4-34-26(32)16-20-7-11-22(12-8-20)29-28(33)30-23-13-9-21(10-14-23)27-31-25(17-35-27)24-15-18(2)5-6-19(24)3/h5-15,17H,4,16H2,1-3H3,(H2,29,30,33). The van der Waals surface area contributed by atoms with Crippen molar-refractivity contribution in [2.45, 2.75) is 27.2 Å². The van der Waals surface area contributed by atoms with Gasteiger partial charge in [-0.05, 0) is 74.4 Å². The Labute approximate surface area is 204 Å². The number of hydrogen-bond acceptors (Lipinski definition) is 5. The number of oxazole rings is 1. The highest BCUT2D eigenvalue weighted by atomic mass is 16.5. The minimum absolute atomic E-state index is 0.198. The zero-order valence-electron chi connectivity index (χ0n) is 19.9. The van der Waals surface area contributed by atoms with E-state index in [0.29, 0.717) is 23.9 Å².